The first-order valence-corrected chi connectivity index (χ1v) is 10.8. The summed E-state index contributed by atoms with van der Waals surface area (Å²) < 4.78 is 32.3. The predicted octanol–water partition coefficient (Wildman–Crippen LogP) is 3.16. The van der Waals surface area contributed by atoms with Gasteiger partial charge in [-0.15, -0.1) is 0 Å². The molecular formula is C20H18ClN3O4S. The predicted molar refractivity (Wildman–Crippen MR) is 111 cm³/mol. The second-order valence-corrected chi connectivity index (χ2v) is 8.84. The number of rotatable bonds is 4. The van der Waals surface area contributed by atoms with Crippen LogP contribution in [0.3, 0.4) is 0 Å². The molecule has 0 radical (unpaired) electrons. The van der Waals surface area contributed by atoms with Crippen molar-refractivity contribution >= 4 is 44.1 Å². The van der Waals surface area contributed by atoms with Crippen molar-refractivity contribution in [2.45, 2.75) is 4.90 Å². The number of benzene rings is 2. The van der Waals surface area contributed by atoms with Crippen LogP contribution in [0.25, 0.3) is 10.9 Å². The highest BCUT2D eigenvalue weighted by atomic mass is 35.5. The lowest BCUT2D eigenvalue weighted by molar-refractivity contribution is 0.0730. The molecule has 0 bridgehead atoms. The van der Waals surface area contributed by atoms with Crippen LogP contribution in [0.1, 0.15) is 10.4 Å². The summed E-state index contributed by atoms with van der Waals surface area (Å²) in [4.78, 5) is 17.1. The number of para-hydroxylation sites is 1. The molecule has 1 saturated heterocycles. The van der Waals surface area contributed by atoms with Gasteiger partial charge >= 0.3 is 0 Å². The van der Waals surface area contributed by atoms with Gasteiger partial charge in [-0.25, -0.2) is 8.42 Å². The van der Waals surface area contributed by atoms with Crippen molar-refractivity contribution in [1.82, 2.24) is 9.29 Å². The average molecular weight is 432 g/mol. The van der Waals surface area contributed by atoms with Gasteiger partial charge in [0.05, 0.1) is 34.3 Å². The summed E-state index contributed by atoms with van der Waals surface area (Å²) in [5.74, 6) is -0.420. The number of aromatic nitrogens is 1. The Morgan fingerprint density at radius 3 is 2.66 bits per heavy atom. The second-order valence-electron chi connectivity index (χ2n) is 6.49. The zero-order chi connectivity index (χ0) is 20.4. The maximum absolute atomic E-state index is 12.8. The van der Waals surface area contributed by atoms with E-state index in [9.17, 15) is 13.2 Å². The summed E-state index contributed by atoms with van der Waals surface area (Å²) in [5, 5.41) is 4.00. The third-order valence-electron chi connectivity index (χ3n) is 4.67. The highest BCUT2D eigenvalue weighted by Crippen LogP contribution is 2.27. The summed E-state index contributed by atoms with van der Waals surface area (Å²) >= 11 is 6.17. The van der Waals surface area contributed by atoms with Crippen LogP contribution in [-0.4, -0.2) is 49.9 Å². The number of amides is 1. The van der Waals surface area contributed by atoms with Gasteiger partial charge in [0.25, 0.3) is 5.91 Å². The molecule has 1 fully saturated rings. The summed E-state index contributed by atoms with van der Waals surface area (Å²) in [6, 6.07) is 13.0. The first-order chi connectivity index (χ1) is 14.0. The number of hydrogen-bond donors (Lipinski definition) is 1. The van der Waals surface area contributed by atoms with E-state index in [1.165, 1.54) is 16.4 Å². The Bertz CT molecular complexity index is 1180. The van der Waals surface area contributed by atoms with E-state index in [1.807, 2.05) is 6.07 Å². The lowest BCUT2D eigenvalue weighted by Gasteiger charge is -2.26. The highest BCUT2D eigenvalue weighted by Gasteiger charge is 2.27. The van der Waals surface area contributed by atoms with Gasteiger partial charge < -0.3 is 10.1 Å². The Labute approximate surface area is 173 Å². The van der Waals surface area contributed by atoms with Gasteiger partial charge in [-0.2, -0.15) is 4.31 Å². The molecule has 9 heteroatoms. The Balaban J connectivity index is 1.62. The molecule has 1 aromatic heterocycles. The van der Waals surface area contributed by atoms with E-state index in [0.717, 1.165) is 0 Å². The molecule has 0 saturated carbocycles. The van der Waals surface area contributed by atoms with E-state index in [1.54, 1.807) is 36.5 Å². The molecule has 0 atom stereocenters. The van der Waals surface area contributed by atoms with Crippen molar-refractivity contribution in [1.29, 1.82) is 0 Å². The number of nitrogens with zero attached hydrogens (tertiary/aromatic N) is 2. The molecule has 150 valence electrons. The van der Waals surface area contributed by atoms with Crippen molar-refractivity contribution in [2.75, 3.05) is 31.6 Å². The summed E-state index contributed by atoms with van der Waals surface area (Å²) in [6.45, 7) is 1.30. The molecular weight excluding hydrogens is 414 g/mol. The number of fused-ring (bicyclic) bond motifs is 1. The maximum atomic E-state index is 12.8. The van der Waals surface area contributed by atoms with Crippen molar-refractivity contribution in [3.8, 4) is 0 Å². The lowest BCUT2D eigenvalue weighted by Crippen LogP contribution is -2.40. The zero-order valence-corrected chi connectivity index (χ0v) is 16.9. The van der Waals surface area contributed by atoms with Gasteiger partial charge in [-0.3, -0.25) is 9.78 Å². The number of anilines is 1. The first kappa shape index (κ1) is 19.8. The van der Waals surface area contributed by atoms with Crippen LogP contribution in [0.5, 0.6) is 0 Å². The molecule has 0 aliphatic carbocycles. The Morgan fingerprint density at radius 1 is 1.10 bits per heavy atom. The van der Waals surface area contributed by atoms with Crippen LogP contribution in [0.15, 0.2) is 59.6 Å². The van der Waals surface area contributed by atoms with Gasteiger partial charge in [0.2, 0.25) is 10.0 Å². The minimum Gasteiger partial charge on any atom is -0.379 e. The Hall–Kier alpha value is -2.52. The monoisotopic (exact) mass is 431 g/mol. The lowest BCUT2D eigenvalue weighted by atomic mass is 10.1. The number of carbonyl (C=O) groups is 1. The van der Waals surface area contributed by atoms with Crippen molar-refractivity contribution in [2.24, 2.45) is 0 Å². The summed E-state index contributed by atoms with van der Waals surface area (Å²) in [7, 11) is -3.69. The number of hydrogen-bond acceptors (Lipinski definition) is 5. The van der Waals surface area contributed by atoms with Gasteiger partial charge in [0.15, 0.2) is 0 Å². The molecule has 29 heavy (non-hydrogen) atoms. The molecule has 0 spiro atoms. The fraction of sp³-hybridized carbons (Fsp3) is 0.200. The fourth-order valence-corrected chi connectivity index (χ4v) is 4.86. The first-order valence-electron chi connectivity index (χ1n) is 8.99. The molecule has 3 aromatic rings. The number of carbonyl (C=O) groups excluding carboxylic acids is 1. The second kappa shape index (κ2) is 8.08. The summed E-state index contributed by atoms with van der Waals surface area (Å²) in [5.41, 5.74) is 1.37. The van der Waals surface area contributed by atoms with Crippen molar-refractivity contribution in [3.63, 3.8) is 0 Å². The normalized spacial score (nSPS) is 15.3. The fourth-order valence-electron chi connectivity index (χ4n) is 3.18. The smallest absolute Gasteiger partial charge is 0.255 e. The van der Waals surface area contributed by atoms with E-state index in [4.69, 9.17) is 16.3 Å². The number of sulfonamides is 1. The molecule has 7 nitrogen and oxygen atoms in total. The molecule has 4 rings (SSSR count). The average Bonchev–Trinajstić information content (AvgIpc) is 2.75. The van der Waals surface area contributed by atoms with E-state index < -0.39 is 15.9 Å². The quantitative estimate of drug-likeness (QED) is 0.685. The third-order valence-corrected chi connectivity index (χ3v) is 6.87. The highest BCUT2D eigenvalue weighted by molar-refractivity contribution is 7.89. The van der Waals surface area contributed by atoms with Crippen LogP contribution in [-0.2, 0) is 14.8 Å². The Morgan fingerprint density at radius 2 is 1.86 bits per heavy atom. The molecule has 1 aliphatic heterocycles. The maximum Gasteiger partial charge on any atom is 0.255 e. The number of morpholine rings is 1. The molecule has 1 amide bonds. The van der Waals surface area contributed by atoms with Gasteiger partial charge in [0.1, 0.15) is 0 Å². The number of halogens is 1. The summed E-state index contributed by atoms with van der Waals surface area (Å²) in [6.07, 6.45) is 1.56. The van der Waals surface area contributed by atoms with Crippen molar-refractivity contribution in [3.05, 3.63) is 65.3 Å². The van der Waals surface area contributed by atoms with E-state index in [-0.39, 0.29) is 10.5 Å². The molecule has 1 N–H and O–H groups in total. The van der Waals surface area contributed by atoms with Gasteiger partial charge in [-0.1, -0.05) is 29.8 Å². The van der Waals surface area contributed by atoms with Crippen LogP contribution in [0.4, 0.5) is 5.69 Å². The zero-order valence-electron chi connectivity index (χ0n) is 15.3. The van der Waals surface area contributed by atoms with Crippen LogP contribution in [0, 0.1) is 0 Å². The topological polar surface area (TPSA) is 88.6 Å². The van der Waals surface area contributed by atoms with E-state index in [0.29, 0.717) is 47.9 Å². The molecule has 2 heterocycles. The van der Waals surface area contributed by atoms with E-state index >= 15 is 0 Å². The standard InChI is InChI=1S/C20H18ClN3O4S/c21-17-6-2-5-16-18(7-8-22-19(16)17)23-20(25)14-3-1-4-15(13-14)29(26,27)24-9-11-28-12-10-24/h1-8,13H,9-12H2,(H,22,23,25). The SMILES string of the molecule is O=C(Nc1ccnc2c(Cl)cccc12)c1cccc(S(=O)(=O)N2CCOCC2)c1. The molecule has 1 aliphatic rings. The number of pyridine rings is 1. The molecule has 2 aromatic carbocycles. The number of ether oxygens (including phenoxy) is 1. The van der Waals surface area contributed by atoms with Crippen molar-refractivity contribution < 1.29 is 17.9 Å². The van der Waals surface area contributed by atoms with Crippen LogP contribution < -0.4 is 5.32 Å². The van der Waals surface area contributed by atoms with Gasteiger partial charge in [0, 0.05) is 30.2 Å². The minimum absolute atomic E-state index is 0.0784. The largest absolute Gasteiger partial charge is 0.379 e. The Kier molecular flexibility index (Phi) is 5.51. The van der Waals surface area contributed by atoms with Crippen LogP contribution in [0.2, 0.25) is 5.02 Å². The van der Waals surface area contributed by atoms with E-state index in [2.05, 4.69) is 10.3 Å². The van der Waals surface area contributed by atoms with Gasteiger partial charge in [-0.05, 0) is 30.3 Å². The molecule has 0 unspecified atom stereocenters. The third kappa shape index (κ3) is 3.97. The van der Waals surface area contributed by atoms with Crippen LogP contribution >= 0.6 is 11.6 Å². The number of nitrogens with one attached hydrogen (secondary N) is 1. The minimum atomic E-state index is -3.69.